The predicted molar refractivity (Wildman–Crippen MR) is 225 cm³/mol. The number of fused-ring (bicyclic) bond motifs is 3. The van der Waals surface area contributed by atoms with Gasteiger partial charge in [-0.15, -0.1) is 20.5 Å². The number of anilines is 1. The van der Waals surface area contributed by atoms with Crippen molar-refractivity contribution in [2.24, 2.45) is 30.7 Å². The molecule has 0 fully saturated rings. The summed E-state index contributed by atoms with van der Waals surface area (Å²) < 4.78 is 5.96. The standard InChI is InChI=1S/C47H43N7O/c1-30-15-19-34(20-16-30)55-35-21-17-33(18-22-35)48-49-41-23-24-42(37-12-8-7-11-36(37)41)50-51-43-25-26-44(39-14-10-9-13-38(39)43)52-53-45-28-40-32(3)29-47(4,5)54(6)46(40)27-31(45)2/h7-28,32H,29H2,1-6H3. The lowest BCUT2D eigenvalue weighted by molar-refractivity contribution is 0.395. The van der Waals surface area contributed by atoms with Crippen molar-refractivity contribution in [1.82, 2.24) is 0 Å². The molecule has 1 heterocycles. The van der Waals surface area contributed by atoms with E-state index in [4.69, 9.17) is 25.2 Å². The molecule has 0 aliphatic carbocycles. The molecule has 7 aromatic carbocycles. The van der Waals surface area contributed by atoms with E-state index in [9.17, 15) is 0 Å². The lowest BCUT2D eigenvalue weighted by Crippen LogP contribution is -2.45. The van der Waals surface area contributed by atoms with Gasteiger partial charge in [0.15, 0.2) is 0 Å². The van der Waals surface area contributed by atoms with Crippen LogP contribution in [0.5, 0.6) is 11.5 Å². The Morgan fingerprint density at radius 2 is 0.982 bits per heavy atom. The molecular formula is C47H43N7O. The summed E-state index contributed by atoms with van der Waals surface area (Å²) in [4.78, 5) is 2.39. The smallest absolute Gasteiger partial charge is 0.127 e. The maximum Gasteiger partial charge on any atom is 0.127 e. The van der Waals surface area contributed by atoms with Crippen LogP contribution >= 0.6 is 0 Å². The molecule has 1 atom stereocenters. The Morgan fingerprint density at radius 1 is 0.545 bits per heavy atom. The summed E-state index contributed by atoms with van der Waals surface area (Å²) in [5, 5.41) is 32.0. The number of hydrogen-bond acceptors (Lipinski definition) is 8. The minimum absolute atomic E-state index is 0.107. The molecule has 0 bridgehead atoms. The van der Waals surface area contributed by atoms with E-state index in [1.54, 1.807) is 0 Å². The van der Waals surface area contributed by atoms with Crippen LogP contribution in [-0.2, 0) is 0 Å². The number of ether oxygens (including phenoxy) is 1. The summed E-state index contributed by atoms with van der Waals surface area (Å²) in [6.45, 7) is 11.1. The average Bonchev–Trinajstić information content (AvgIpc) is 3.19. The molecule has 8 nitrogen and oxygen atoms in total. The van der Waals surface area contributed by atoms with E-state index >= 15 is 0 Å². The Bertz CT molecular complexity index is 2630. The first-order valence-corrected chi connectivity index (χ1v) is 18.6. The normalized spacial score (nSPS) is 15.5. The fourth-order valence-corrected chi connectivity index (χ4v) is 7.35. The molecule has 0 saturated carbocycles. The van der Waals surface area contributed by atoms with Crippen molar-refractivity contribution in [3.05, 3.63) is 150 Å². The minimum Gasteiger partial charge on any atom is -0.457 e. The number of nitrogens with zero attached hydrogens (tertiary/aromatic N) is 7. The van der Waals surface area contributed by atoms with E-state index in [1.165, 1.54) is 16.8 Å². The first kappa shape index (κ1) is 35.5. The van der Waals surface area contributed by atoms with Crippen LogP contribution < -0.4 is 9.64 Å². The van der Waals surface area contributed by atoms with Crippen molar-refractivity contribution >= 4 is 61.4 Å². The second-order valence-corrected chi connectivity index (χ2v) is 15.0. The fourth-order valence-electron chi connectivity index (χ4n) is 7.35. The van der Waals surface area contributed by atoms with Crippen LogP contribution in [0, 0.1) is 13.8 Å². The van der Waals surface area contributed by atoms with Gasteiger partial charge >= 0.3 is 0 Å². The van der Waals surface area contributed by atoms with Gasteiger partial charge < -0.3 is 9.64 Å². The third kappa shape index (κ3) is 7.36. The first-order valence-electron chi connectivity index (χ1n) is 18.6. The Morgan fingerprint density at radius 3 is 1.47 bits per heavy atom. The fraction of sp³-hybridized carbons (Fsp3) is 0.191. The van der Waals surface area contributed by atoms with Crippen LogP contribution in [0.2, 0.25) is 0 Å². The minimum atomic E-state index is 0.107. The quantitative estimate of drug-likeness (QED) is 0.146. The molecule has 0 aromatic heterocycles. The number of rotatable bonds is 8. The van der Waals surface area contributed by atoms with Gasteiger partial charge in [-0.1, -0.05) is 73.2 Å². The zero-order valence-corrected chi connectivity index (χ0v) is 32.0. The molecule has 1 aliphatic heterocycles. The maximum absolute atomic E-state index is 5.96. The van der Waals surface area contributed by atoms with Gasteiger partial charge in [0, 0.05) is 39.8 Å². The molecule has 0 radical (unpaired) electrons. The molecule has 1 aliphatic rings. The van der Waals surface area contributed by atoms with Crippen LogP contribution in [0.1, 0.15) is 49.8 Å². The monoisotopic (exact) mass is 721 g/mol. The molecule has 1 unspecified atom stereocenters. The number of azo groups is 3. The second kappa shape index (κ2) is 14.7. The molecule has 272 valence electrons. The van der Waals surface area contributed by atoms with Gasteiger partial charge in [-0.3, -0.25) is 0 Å². The van der Waals surface area contributed by atoms with E-state index in [2.05, 4.69) is 81.1 Å². The summed E-state index contributed by atoms with van der Waals surface area (Å²) in [6.07, 6.45) is 1.09. The van der Waals surface area contributed by atoms with Crippen molar-refractivity contribution in [2.75, 3.05) is 11.9 Å². The van der Waals surface area contributed by atoms with Crippen LogP contribution in [-0.4, -0.2) is 12.6 Å². The topological polar surface area (TPSA) is 86.6 Å². The highest BCUT2D eigenvalue weighted by molar-refractivity contribution is 6.01. The Labute approximate surface area is 322 Å². The number of aryl methyl sites for hydroxylation is 2. The molecule has 0 saturated heterocycles. The summed E-state index contributed by atoms with van der Waals surface area (Å²) in [6, 6.07) is 44.0. The Kier molecular flexibility index (Phi) is 9.49. The van der Waals surface area contributed by atoms with E-state index in [0.29, 0.717) is 5.92 Å². The predicted octanol–water partition coefficient (Wildman–Crippen LogP) is 15.4. The van der Waals surface area contributed by atoms with Gasteiger partial charge in [0.1, 0.15) is 11.5 Å². The van der Waals surface area contributed by atoms with E-state index in [0.717, 1.165) is 79.2 Å². The molecule has 0 amide bonds. The van der Waals surface area contributed by atoms with E-state index in [1.807, 2.05) is 109 Å². The largest absolute Gasteiger partial charge is 0.457 e. The lowest BCUT2D eigenvalue weighted by Gasteiger charge is -2.45. The van der Waals surface area contributed by atoms with Gasteiger partial charge in [0.2, 0.25) is 0 Å². The zero-order valence-electron chi connectivity index (χ0n) is 32.0. The molecule has 7 aromatic rings. The van der Waals surface area contributed by atoms with E-state index in [-0.39, 0.29) is 5.54 Å². The van der Waals surface area contributed by atoms with Crippen molar-refractivity contribution in [3.63, 3.8) is 0 Å². The van der Waals surface area contributed by atoms with Crippen molar-refractivity contribution in [2.45, 2.75) is 52.5 Å². The highest BCUT2D eigenvalue weighted by atomic mass is 16.5. The third-order valence-corrected chi connectivity index (χ3v) is 10.6. The second-order valence-electron chi connectivity index (χ2n) is 15.0. The first-order chi connectivity index (χ1) is 26.6. The summed E-state index contributed by atoms with van der Waals surface area (Å²) in [5.41, 5.74) is 9.64. The highest BCUT2D eigenvalue weighted by Crippen LogP contribution is 2.45. The number of benzene rings is 7. The van der Waals surface area contributed by atoms with Gasteiger partial charge in [-0.25, -0.2) is 0 Å². The van der Waals surface area contributed by atoms with Crippen LogP contribution in [0.4, 0.5) is 39.8 Å². The van der Waals surface area contributed by atoms with Crippen molar-refractivity contribution < 1.29 is 4.74 Å². The van der Waals surface area contributed by atoms with Crippen LogP contribution in [0.15, 0.2) is 164 Å². The van der Waals surface area contributed by atoms with Gasteiger partial charge in [-0.2, -0.15) is 10.2 Å². The van der Waals surface area contributed by atoms with Crippen LogP contribution in [0.25, 0.3) is 21.5 Å². The SMILES string of the molecule is Cc1ccc(Oc2ccc(N=Nc3ccc(N=Nc4ccc(N=Nc5cc6c(cc5C)N(C)C(C)(C)CC6C)c5ccccc45)c4ccccc34)cc2)cc1. The summed E-state index contributed by atoms with van der Waals surface area (Å²) >= 11 is 0. The summed E-state index contributed by atoms with van der Waals surface area (Å²) in [5.74, 6) is 1.97. The summed E-state index contributed by atoms with van der Waals surface area (Å²) in [7, 11) is 2.19. The third-order valence-electron chi connectivity index (χ3n) is 10.6. The molecular weight excluding hydrogens is 679 g/mol. The molecule has 8 rings (SSSR count). The molecule has 0 N–H and O–H groups in total. The molecule has 55 heavy (non-hydrogen) atoms. The van der Waals surface area contributed by atoms with Crippen molar-refractivity contribution in [1.29, 1.82) is 0 Å². The lowest BCUT2D eigenvalue weighted by atomic mass is 9.80. The maximum atomic E-state index is 5.96. The Hall–Kier alpha value is -6.54. The van der Waals surface area contributed by atoms with Gasteiger partial charge in [0.25, 0.3) is 0 Å². The Balaban J connectivity index is 1.03. The van der Waals surface area contributed by atoms with Gasteiger partial charge in [0.05, 0.1) is 34.1 Å². The zero-order chi connectivity index (χ0) is 38.1. The molecule has 0 spiro atoms. The van der Waals surface area contributed by atoms with E-state index < -0.39 is 0 Å². The highest BCUT2D eigenvalue weighted by Gasteiger charge is 2.34. The van der Waals surface area contributed by atoms with Gasteiger partial charge in [-0.05, 0) is 124 Å². The van der Waals surface area contributed by atoms with Crippen LogP contribution in [0.3, 0.4) is 0 Å². The number of hydrogen-bond donors (Lipinski definition) is 0. The average molecular weight is 722 g/mol. The molecule has 8 heteroatoms. The van der Waals surface area contributed by atoms with Crippen molar-refractivity contribution in [3.8, 4) is 11.5 Å².